The van der Waals surface area contributed by atoms with Crippen LogP contribution >= 0.6 is 22.7 Å². The Morgan fingerprint density at radius 1 is 0.955 bits per heavy atom. The molecule has 44 heavy (non-hydrogen) atoms. The number of thiophene rings is 1. The van der Waals surface area contributed by atoms with Gasteiger partial charge in [0, 0.05) is 0 Å². The first-order valence-electron chi connectivity index (χ1n) is 15.8. The molecule has 2 amide bonds. The van der Waals surface area contributed by atoms with E-state index in [1.807, 2.05) is 11.0 Å². The Bertz CT molecular complexity index is 2520. The number of para-hydroxylation sites is 1. The number of nitrogens with one attached hydrogen (secondary N) is 1. The molecule has 12 heterocycles. The minimum absolute atomic E-state index is 0.0508. The second kappa shape index (κ2) is 3.67. The van der Waals surface area contributed by atoms with Gasteiger partial charge in [-0.1, -0.05) is 0 Å². The van der Waals surface area contributed by atoms with Gasteiger partial charge in [0.2, 0.25) is 0 Å². The number of hydrogen-bond donors (Lipinski definition) is 1. The molecule has 5 unspecified atom stereocenters. The topological polar surface area (TPSA) is 62.3 Å². The molecule has 2 aromatic heterocycles. The number of carbonyl (C=O) groups is 2. The van der Waals surface area contributed by atoms with Crippen LogP contribution in [0.4, 0.5) is 5.69 Å². The third-order valence-corrected chi connectivity index (χ3v) is 64.5. The normalized spacial score (nSPS) is 54.0. The molecule has 10 aliphatic rings. The van der Waals surface area contributed by atoms with Crippen LogP contribution in [-0.2, 0) is 11.3 Å². The van der Waals surface area contributed by atoms with E-state index in [4.69, 9.17) is 6.42 Å². The fraction of sp³-hybridized carbons (Fsp3) is 0.417. The number of hydrogen-bond acceptors (Lipinski definition) is 5. The van der Waals surface area contributed by atoms with Gasteiger partial charge in [0.25, 0.3) is 0 Å². The number of rotatable bonds is 6. The van der Waals surface area contributed by atoms with Crippen LogP contribution in [0.2, 0.25) is 47.7 Å². The van der Waals surface area contributed by atoms with E-state index in [0.717, 1.165) is 60.2 Å². The number of benzene rings is 2. The maximum atomic E-state index is 15.1. The molecule has 4 aromatic rings. The molecule has 8 heteroatoms. The summed E-state index contributed by atoms with van der Waals surface area (Å²) in [4.78, 5) is 45.6. The van der Waals surface area contributed by atoms with Crippen LogP contribution in [0.25, 0.3) is 21.2 Å². The van der Waals surface area contributed by atoms with Gasteiger partial charge in [-0.15, -0.1) is 0 Å². The van der Waals surface area contributed by atoms with Crippen molar-refractivity contribution >= 4 is 50.3 Å². The predicted molar refractivity (Wildman–Crippen MR) is 172 cm³/mol. The van der Waals surface area contributed by atoms with Gasteiger partial charge in [0.05, 0.1) is 0 Å². The molecule has 10 saturated heterocycles. The zero-order valence-electron chi connectivity index (χ0n) is 24.5. The Morgan fingerprint density at radius 3 is 2.23 bits per heavy atom. The zero-order valence-corrected chi connectivity index (χ0v) is 27.2. The van der Waals surface area contributed by atoms with Crippen LogP contribution in [0.15, 0.2) is 59.3 Å². The van der Waals surface area contributed by atoms with Gasteiger partial charge in [-0.2, -0.15) is 0 Å². The van der Waals surface area contributed by atoms with E-state index in [1.165, 1.54) is 21.4 Å². The Hall–Kier alpha value is -2.95. The van der Waals surface area contributed by atoms with Crippen LogP contribution in [0.5, 0.6) is 0 Å². The third kappa shape index (κ3) is 0.686. The summed E-state index contributed by atoms with van der Waals surface area (Å²) in [5.74, 6) is 2.49. The molecular weight excluding hydrogens is 626 g/mol. The fourth-order valence-electron chi connectivity index (χ4n) is 21.1. The van der Waals surface area contributed by atoms with Crippen molar-refractivity contribution in [3.63, 3.8) is 0 Å². The summed E-state index contributed by atoms with van der Waals surface area (Å²) in [5, 5.41) is 9.05. The first-order chi connectivity index (χ1) is 20.9. The molecule has 10 aliphatic heterocycles. The van der Waals surface area contributed by atoms with Gasteiger partial charge < -0.3 is 0 Å². The Balaban J connectivity index is 1.05. The van der Waals surface area contributed by atoms with Gasteiger partial charge in [-0.25, -0.2) is 0 Å². The number of fused-ring (bicyclic) bond motifs is 11. The fourth-order valence-corrected chi connectivity index (χ4v) is 97.3. The van der Waals surface area contributed by atoms with Gasteiger partial charge in [0.1, 0.15) is 0 Å². The number of nitrogens with zero attached hydrogens (tertiary/aromatic N) is 2. The molecule has 0 bridgehead atoms. The molecule has 5 atom stereocenters. The van der Waals surface area contributed by atoms with Crippen molar-refractivity contribution in [3.8, 4) is 23.5 Å². The Kier molecular flexibility index (Phi) is 1.88. The number of terminal acetylenes is 1. The molecular formula is C36H31FeN3O2S2. The van der Waals surface area contributed by atoms with Gasteiger partial charge >= 0.3 is 255 Å². The average molecular weight is 658 g/mol. The van der Waals surface area contributed by atoms with Crippen molar-refractivity contribution in [3.05, 3.63) is 70.0 Å². The standard InChI is InChI=1S/C31H26N3O2S2.C5H5.Fe/c1-5-27-32-24(19-38-27)30(36)34(28(20-11-6-7-12-20)29(35)33-31(2,3)4)25-15-9-8-13-22(25)21-14-10-16-26-23(21)17-18-37-26;1-2-4-5-3-1;/h1,6-19,28H,2-4H3,(H,33,35);1-5H;. The van der Waals surface area contributed by atoms with Crippen LogP contribution < -0.4 is 10.2 Å². The van der Waals surface area contributed by atoms with Crippen LogP contribution in [0.3, 0.4) is 0 Å². The van der Waals surface area contributed by atoms with Crippen molar-refractivity contribution < 1.29 is 16.1 Å². The molecule has 0 saturated carbocycles. The number of carbonyl (C=O) groups excluding carboxylic acids is 2. The summed E-state index contributed by atoms with van der Waals surface area (Å²) in [5.41, 5.74) is 2.87. The number of amides is 2. The number of anilines is 1. The van der Waals surface area contributed by atoms with Crippen LogP contribution in [0.1, 0.15) is 36.3 Å². The van der Waals surface area contributed by atoms with E-state index in [0.29, 0.717) is 10.7 Å². The summed E-state index contributed by atoms with van der Waals surface area (Å²) in [6.07, 6.45) is 5.73. The van der Waals surface area contributed by atoms with E-state index in [2.05, 4.69) is 84.8 Å². The average Bonchev–Trinajstić information content (AvgIpc) is 3.82. The molecule has 2 aromatic carbocycles. The monoisotopic (exact) mass is 657 g/mol. The van der Waals surface area contributed by atoms with E-state index in [-0.39, 0.29) is 16.1 Å². The SMILES string of the molecule is C#Cc1nc(C(=O)N(c2ccccc2-c2cccc3sccc23)C(C(=O)NC(C)(C)C)[C]23[CH]4[CH]5[CH]6[CH]2[Fe]56432789[CH]3[CH]2[CH]7[CH]8[CH]39)cs1. The molecule has 0 radical (unpaired) electrons. The molecule has 0 aliphatic carbocycles. The van der Waals surface area contributed by atoms with Crippen LogP contribution in [-0.4, -0.2) is 28.4 Å². The summed E-state index contributed by atoms with van der Waals surface area (Å²) in [6.45, 7) is 2.25. The predicted octanol–water partition coefficient (Wildman–Crippen LogP) is 8.70. The molecule has 1 N–H and O–H groups in total. The summed E-state index contributed by atoms with van der Waals surface area (Å²) in [6, 6.07) is 16.4. The van der Waals surface area contributed by atoms with Crippen molar-refractivity contribution in [2.24, 2.45) is 0 Å². The number of thiazole rings is 1. The summed E-state index contributed by atoms with van der Waals surface area (Å²) >= 11 is 3.06. The van der Waals surface area contributed by atoms with E-state index < -0.39 is 18.1 Å². The molecule has 222 valence electrons. The first-order valence-corrected chi connectivity index (χ1v) is 23.8. The first kappa shape index (κ1) is 22.5. The summed E-state index contributed by atoms with van der Waals surface area (Å²) in [7, 11) is 0. The van der Waals surface area contributed by atoms with Crippen molar-refractivity contribution in [2.45, 2.75) is 80.0 Å². The Labute approximate surface area is 253 Å². The molecule has 5 nitrogen and oxygen atoms in total. The van der Waals surface area contributed by atoms with Crippen molar-refractivity contribution in [1.82, 2.24) is 10.3 Å². The van der Waals surface area contributed by atoms with Gasteiger partial charge in [0.15, 0.2) is 0 Å². The maximum absolute atomic E-state index is 15.1. The third-order valence-electron chi connectivity index (χ3n) is 20.2. The quantitative estimate of drug-likeness (QED) is 0.167. The van der Waals surface area contributed by atoms with Crippen molar-refractivity contribution in [2.75, 3.05) is 4.90 Å². The minimum atomic E-state index is -3.95. The number of aromatic nitrogens is 1. The zero-order chi connectivity index (χ0) is 29.5. The summed E-state index contributed by atoms with van der Waals surface area (Å²) < 4.78 is 1.31. The van der Waals surface area contributed by atoms with Crippen LogP contribution in [0, 0.1) is 12.3 Å². The Morgan fingerprint density at radius 2 is 1.64 bits per heavy atom. The molecule has 1 spiro atoms. The second-order valence-corrected chi connectivity index (χ2v) is 43.8. The molecule has 14 rings (SSSR count). The van der Waals surface area contributed by atoms with Gasteiger partial charge in [-0.3, -0.25) is 0 Å². The van der Waals surface area contributed by atoms with E-state index in [9.17, 15) is 0 Å². The van der Waals surface area contributed by atoms with Crippen molar-refractivity contribution in [1.29, 1.82) is 0 Å². The molecule has 10 fully saturated rings. The second-order valence-electron chi connectivity index (χ2n) is 18.4. The van der Waals surface area contributed by atoms with E-state index >= 15 is 9.59 Å². The van der Waals surface area contributed by atoms with E-state index in [1.54, 1.807) is 16.7 Å². The van der Waals surface area contributed by atoms with Gasteiger partial charge in [-0.05, 0) is 0 Å².